The van der Waals surface area contributed by atoms with Crippen LogP contribution in [0.1, 0.15) is 47.4 Å². The van der Waals surface area contributed by atoms with Gasteiger partial charge in [-0.2, -0.15) is 0 Å². The minimum atomic E-state index is -0.0683. The molecule has 8 heteroatoms. The molecule has 0 saturated carbocycles. The maximum atomic E-state index is 13.0. The molecule has 2 saturated heterocycles. The van der Waals surface area contributed by atoms with E-state index >= 15 is 0 Å². The molecule has 2 aliphatic rings. The highest BCUT2D eigenvalue weighted by Gasteiger charge is 2.42. The van der Waals surface area contributed by atoms with Crippen LogP contribution in [0.15, 0.2) is 30.7 Å². The van der Waals surface area contributed by atoms with Gasteiger partial charge in [0.1, 0.15) is 5.82 Å². The number of pyridine rings is 1. The molecule has 4 heterocycles. The smallest absolute Gasteiger partial charge is 0.255 e. The summed E-state index contributed by atoms with van der Waals surface area (Å²) in [6.45, 7) is 4.37. The van der Waals surface area contributed by atoms with Gasteiger partial charge in [0.2, 0.25) is 5.91 Å². The second kappa shape index (κ2) is 7.77. The number of aryl methyl sites for hydroxylation is 1. The van der Waals surface area contributed by atoms with E-state index in [0.29, 0.717) is 37.4 Å². The van der Waals surface area contributed by atoms with Crippen LogP contribution in [-0.4, -0.2) is 56.2 Å². The lowest BCUT2D eigenvalue weighted by molar-refractivity contribution is -0.139. The Morgan fingerprint density at radius 1 is 1.14 bits per heavy atom. The Hall–Kier alpha value is -3.03. The minimum Gasteiger partial charge on any atom is -0.384 e. The third-order valence-electron chi connectivity index (χ3n) is 5.92. The molecule has 4 rings (SSSR count). The van der Waals surface area contributed by atoms with Gasteiger partial charge in [0, 0.05) is 43.9 Å². The van der Waals surface area contributed by atoms with Gasteiger partial charge < -0.3 is 15.5 Å². The SMILES string of the molecule is Cc1cnc(CN2C[C@]3(CCCN(C(=O)c4ccc(N)nc4)C3)CCC2=O)cn1. The molecule has 2 aliphatic heterocycles. The van der Waals surface area contributed by atoms with Gasteiger partial charge in [0.15, 0.2) is 0 Å². The Bertz CT molecular complexity index is 892. The van der Waals surface area contributed by atoms with E-state index in [2.05, 4.69) is 15.0 Å². The molecule has 0 radical (unpaired) electrons. The van der Waals surface area contributed by atoms with E-state index in [-0.39, 0.29) is 17.2 Å². The quantitative estimate of drug-likeness (QED) is 0.851. The lowest BCUT2D eigenvalue weighted by Gasteiger charge is -2.48. The van der Waals surface area contributed by atoms with Crippen molar-refractivity contribution in [3.63, 3.8) is 0 Å². The van der Waals surface area contributed by atoms with Crippen molar-refractivity contribution in [3.8, 4) is 0 Å². The van der Waals surface area contributed by atoms with E-state index in [4.69, 9.17) is 5.73 Å². The predicted octanol–water partition coefficient (Wildman–Crippen LogP) is 1.81. The molecule has 0 bridgehead atoms. The number of hydrogen-bond acceptors (Lipinski definition) is 6. The molecular weight excluding hydrogens is 368 g/mol. The Labute approximate surface area is 170 Å². The first-order valence-corrected chi connectivity index (χ1v) is 10.0. The molecule has 1 spiro atoms. The number of nitrogens with zero attached hydrogens (tertiary/aromatic N) is 5. The summed E-state index contributed by atoms with van der Waals surface area (Å²) in [4.78, 5) is 42.0. The van der Waals surface area contributed by atoms with Crippen LogP contribution in [0.4, 0.5) is 5.82 Å². The zero-order valence-electron chi connectivity index (χ0n) is 16.7. The summed E-state index contributed by atoms with van der Waals surface area (Å²) in [5, 5.41) is 0. The molecule has 8 nitrogen and oxygen atoms in total. The van der Waals surface area contributed by atoms with Crippen LogP contribution < -0.4 is 5.73 Å². The number of nitrogen functional groups attached to an aromatic ring is 1. The Kier molecular flexibility index (Phi) is 5.17. The van der Waals surface area contributed by atoms with Gasteiger partial charge in [-0.05, 0) is 38.3 Å². The molecule has 2 N–H and O–H groups in total. The molecular formula is C21H26N6O2. The van der Waals surface area contributed by atoms with Crippen molar-refractivity contribution < 1.29 is 9.59 Å². The van der Waals surface area contributed by atoms with E-state index in [1.807, 2.05) is 16.7 Å². The van der Waals surface area contributed by atoms with Crippen LogP contribution in [0.25, 0.3) is 0 Å². The van der Waals surface area contributed by atoms with Crippen LogP contribution in [0.3, 0.4) is 0 Å². The van der Waals surface area contributed by atoms with Crippen LogP contribution in [0.5, 0.6) is 0 Å². The lowest BCUT2D eigenvalue weighted by atomic mass is 9.73. The van der Waals surface area contributed by atoms with E-state index in [9.17, 15) is 9.59 Å². The molecule has 1 atom stereocenters. The number of nitrogens with two attached hydrogens (primary N) is 1. The minimum absolute atomic E-state index is 0.0237. The van der Waals surface area contributed by atoms with E-state index in [1.54, 1.807) is 24.5 Å². The standard InChI is InChI=1S/C21H26N6O2/c1-15-9-24-17(11-23-15)12-27-14-21(7-5-19(27)28)6-2-8-26(13-21)20(29)16-3-4-18(22)25-10-16/h3-4,9-11H,2,5-8,12-14H2,1H3,(H2,22,25)/t21-/m1/s1. The number of rotatable bonds is 3. The van der Waals surface area contributed by atoms with E-state index < -0.39 is 0 Å². The van der Waals surface area contributed by atoms with Crippen LogP contribution in [0.2, 0.25) is 0 Å². The Balaban J connectivity index is 1.47. The third kappa shape index (κ3) is 4.21. The second-order valence-electron chi connectivity index (χ2n) is 8.20. The average molecular weight is 394 g/mol. The summed E-state index contributed by atoms with van der Waals surface area (Å²) in [5.74, 6) is 0.519. The predicted molar refractivity (Wildman–Crippen MR) is 108 cm³/mol. The molecule has 152 valence electrons. The van der Waals surface area contributed by atoms with E-state index in [0.717, 1.165) is 37.2 Å². The van der Waals surface area contributed by atoms with Gasteiger partial charge in [0.25, 0.3) is 5.91 Å². The lowest BCUT2D eigenvalue weighted by Crippen LogP contribution is -2.54. The summed E-state index contributed by atoms with van der Waals surface area (Å²) >= 11 is 0. The number of piperidine rings is 2. The molecule has 0 aliphatic carbocycles. The van der Waals surface area contributed by atoms with Crippen molar-refractivity contribution >= 4 is 17.6 Å². The number of anilines is 1. The normalized spacial score (nSPS) is 22.2. The van der Waals surface area contributed by atoms with Gasteiger partial charge in [-0.1, -0.05) is 0 Å². The summed E-state index contributed by atoms with van der Waals surface area (Å²) in [6.07, 6.45) is 8.25. The number of carbonyl (C=O) groups excluding carboxylic acids is 2. The Morgan fingerprint density at radius 3 is 2.72 bits per heavy atom. The highest BCUT2D eigenvalue weighted by Crippen LogP contribution is 2.39. The monoisotopic (exact) mass is 394 g/mol. The first kappa shape index (κ1) is 19.3. The van der Waals surface area contributed by atoms with Crippen molar-refractivity contribution in [2.24, 2.45) is 5.41 Å². The van der Waals surface area contributed by atoms with Crippen molar-refractivity contribution in [2.45, 2.75) is 39.2 Å². The van der Waals surface area contributed by atoms with Crippen molar-refractivity contribution in [1.82, 2.24) is 24.8 Å². The second-order valence-corrected chi connectivity index (χ2v) is 8.20. The van der Waals surface area contributed by atoms with Crippen LogP contribution >= 0.6 is 0 Å². The zero-order chi connectivity index (χ0) is 20.4. The van der Waals surface area contributed by atoms with Gasteiger partial charge >= 0.3 is 0 Å². The van der Waals surface area contributed by atoms with Gasteiger partial charge in [0.05, 0.1) is 29.7 Å². The Morgan fingerprint density at radius 2 is 2.00 bits per heavy atom. The van der Waals surface area contributed by atoms with Crippen molar-refractivity contribution in [3.05, 3.63) is 47.7 Å². The van der Waals surface area contributed by atoms with Gasteiger partial charge in [-0.25, -0.2) is 4.98 Å². The molecule has 0 aromatic carbocycles. The topological polar surface area (TPSA) is 105 Å². The fourth-order valence-corrected chi connectivity index (χ4v) is 4.37. The number of carbonyl (C=O) groups is 2. The van der Waals surface area contributed by atoms with Crippen molar-refractivity contribution in [2.75, 3.05) is 25.4 Å². The van der Waals surface area contributed by atoms with Crippen LogP contribution in [-0.2, 0) is 11.3 Å². The first-order chi connectivity index (χ1) is 13.9. The highest BCUT2D eigenvalue weighted by molar-refractivity contribution is 5.94. The van der Waals surface area contributed by atoms with Gasteiger partial charge in [-0.15, -0.1) is 0 Å². The number of likely N-dealkylation sites (tertiary alicyclic amines) is 2. The molecule has 2 aromatic rings. The molecule has 2 aromatic heterocycles. The average Bonchev–Trinajstić information content (AvgIpc) is 2.73. The largest absolute Gasteiger partial charge is 0.384 e. The molecule has 2 amide bonds. The maximum absolute atomic E-state index is 13.0. The fourth-order valence-electron chi connectivity index (χ4n) is 4.37. The van der Waals surface area contributed by atoms with Crippen LogP contribution in [0, 0.1) is 12.3 Å². The molecule has 0 unspecified atom stereocenters. The first-order valence-electron chi connectivity index (χ1n) is 10.0. The van der Waals surface area contributed by atoms with E-state index in [1.165, 1.54) is 6.20 Å². The summed E-state index contributed by atoms with van der Waals surface area (Å²) < 4.78 is 0. The summed E-state index contributed by atoms with van der Waals surface area (Å²) in [7, 11) is 0. The zero-order valence-corrected chi connectivity index (χ0v) is 16.7. The number of hydrogen-bond donors (Lipinski definition) is 1. The fraction of sp³-hybridized carbons (Fsp3) is 0.476. The number of amides is 2. The maximum Gasteiger partial charge on any atom is 0.255 e. The third-order valence-corrected chi connectivity index (χ3v) is 5.92. The van der Waals surface area contributed by atoms with Gasteiger partial charge in [-0.3, -0.25) is 19.6 Å². The van der Waals surface area contributed by atoms with Crippen molar-refractivity contribution in [1.29, 1.82) is 0 Å². The molecule has 2 fully saturated rings. The number of aromatic nitrogens is 3. The highest BCUT2D eigenvalue weighted by atomic mass is 16.2. The summed E-state index contributed by atoms with van der Waals surface area (Å²) in [6, 6.07) is 3.37. The molecule has 29 heavy (non-hydrogen) atoms. The summed E-state index contributed by atoms with van der Waals surface area (Å²) in [5.41, 5.74) is 7.76.